The molecule has 1 aromatic rings. The van der Waals surface area contributed by atoms with Crippen LogP contribution in [0.5, 0.6) is 0 Å². The number of carbonyl (C=O) groups is 1. The van der Waals surface area contributed by atoms with E-state index in [0.717, 1.165) is 10.8 Å². The minimum atomic E-state index is -0.273. The van der Waals surface area contributed by atoms with Gasteiger partial charge in [0.25, 0.3) is 0 Å². The van der Waals surface area contributed by atoms with Gasteiger partial charge >= 0.3 is 5.97 Å². The molecule has 1 fully saturated rings. The highest BCUT2D eigenvalue weighted by atomic mass is 32.1. The number of thiophene rings is 1. The summed E-state index contributed by atoms with van der Waals surface area (Å²) < 4.78 is 4.71. The number of aliphatic imine (C=N–C) groups is 1. The van der Waals surface area contributed by atoms with Gasteiger partial charge in [-0.05, 0) is 49.1 Å². The molecule has 1 aliphatic carbocycles. The van der Waals surface area contributed by atoms with Crippen molar-refractivity contribution >= 4 is 23.5 Å². The molecule has 0 aromatic carbocycles. The molecule has 1 saturated carbocycles. The number of esters is 1. The van der Waals surface area contributed by atoms with E-state index in [0.29, 0.717) is 16.3 Å². The lowest BCUT2D eigenvalue weighted by molar-refractivity contribution is 0.0606. The smallest absolute Gasteiger partial charge is 0.348 e. The summed E-state index contributed by atoms with van der Waals surface area (Å²) in [7, 11) is 1.41. The minimum absolute atomic E-state index is 0.273. The average Bonchev–Trinajstić information content (AvgIpc) is 2.92. The maximum Gasteiger partial charge on any atom is 0.348 e. The molecule has 1 aromatic heterocycles. The fourth-order valence-corrected chi connectivity index (χ4v) is 3.71. The summed E-state index contributed by atoms with van der Waals surface area (Å²) in [4.78, 5) is 17.8. The summed E-state index contributed by atoms with van der Waals surface area (Å²) >= 11 is 1.44. The van der Waals surface area contributed by atoms with Crippen molar-refractivity contribution < 1.29 is 9.53 Å². The third kappa shape index (κ3) is 4.40. The van der Waals surface area contributed by atoms with E-state index in [-0.39, 0.29) is 5.97 Å². The number of rotatable bonds is 3. The normalized spacial score (nSPS) is 23.4. The molecule has 0 saturated heterocycles. The Morgan fingerprint density at radius 3 is 2.52 bits per heavy atom. The van der Waals surface area contributed by atoms with Crippen LogP contribution in [-0.4, -0.2) is 25.3 Å². The van der Waals surface area contributed by atoms with Crippen molar-refractivity contribution in [3.8, 4) is 0 Å². The summed E-state index contributed by atoms with van der Waals surface area (Å²) in [5, 5.41) is 0. The Labute approximate surface area is 131 Å². The van der Waals surface area contributed by atoms with Crippen molar-refractivity contribution in [1.82, 2.24) is 0 Å². The largest absolute Gasteiger partial charge is 0.465 e. The molecule has 0 aliphatic heterocycles. The Morgan fingerprint density at radius 1 is 1.29 bits per heavy atom. The van der Waals surface area contributed by atoms with E-state index in [4.69, 9.17) is 9.73 Å². The van der Waals surface area contributed by atoms with Crippen LogP contribution in [0.4, 0.5) is 0 Å². The predicted octanol–water partition coefficient (Wildman–Crippen LogP) is 4.56. The van der Waals surface area contributed by atoms with Crippen LogP contribution in [0.25, 0.3) is 0 Å². The van der Waals surface area contributed by atoms with E-state index in [9.17, 15) is 4.79 Å². The molecule has 1 aliphatic rings. The van der Waals surface area contributed by atoms with Crippen molar-refractivity contribution in [3.05, 3.63) is 21.9 Å². The van der Waals surface area contributed by atoms with Gasteiger partial charge in [0, 0.05) is 17.1 Å². The first kappa shape index (κ1) is 16.2. The summed E-state index contributed by atoms with van der Waals surface area (Å²) in [6, 6.07) is 4.17. The predicted molar refractivity (Wildman–Crippen MR) is 88.5 cm³/mol. The average molecular weight is 307 g/mol. The third-order valence-electron chi connectivity index (χ3n) is 4.35. The van der Waals surface area contributed by atoms with Crippen LogP contribution >= 0.6 is 11.3 Å². The van der Waals surface area contributed by atoms with Crippen LogP contribution in [0.2, 0.25) is 0 Å². The van der Waals surface area contributed by atoms with E-state index < -0.39 is 0 Å². The SMILES string of the molecule is COC(=O)c1ccc(/C=N/C2CCC(C(C)(C)C)CC2)s1. The third-order valence-corrected chi connectivity index (χ3v) is 5.35. The summed E-state index contributed by atoms with van der Waals surface area (Å²) in [6.07, 6.45) is 6.80. The molecule has 0 amide bonds. The van der Waals surface area contributed by atoms with E-state index in [1.54, 1.807) is 6.07 Å². The van der Waals surface area contributed by atoms with Gasteiger partial charge in [-0.1, -0.05) is 20.8 Å². The molecule has 116 valence electrons. The van der Waals surface area contributed by atoms with Crippen LogP contribution in [0.3, 0.4) is 0 Å². The monoisotopic (exact) mass is 307 g/mol. The molecule has 0 radical (unpaired) electrons. The van der Waals surface area contributed by atoms with Crippen molar-refractivity contribution in [3.63, 3.8) is 0 Å². The lowest BCUT2D eigenvalue weighted by Crippen LogP contribution is -2.27. The number of nitrogens with zero attached hydrogens (tertiary/aromatic N) is 1. The molecule has 2 rings (SSSR count). The van der Waals surface area contributed by atoms with Gasteiger partial charge in [-0.15, -0.1) is 11.3 Å². The molecule has 0 bridgehead atoms. The molecular formula is C17H25NO2S. The molecular weight excluding hydrogens is 282 g/mol. The molecule has 0 unspecified atom stereocenters. The highest BCUT2D eigenvalue weighted by Crippen LogP contribution is 2.38. The zero-order valence-corrected chi connectivity index (χ0v) is 14.2. The first-order valence-corrected chi connectivity index (χ1v) is 8.43. The van der Waals surface area contributed by atoms with E-state index in [1.807, 2.05) is 12.3 Å². The molecule has 0 N–H and O–H groups in total. The van der Waals surface area contributed by atoms with E-state index in [1.165, 1.54) is 44.1 Å². The van der Waals surface area contributed by atoms with Crippen LogP contribution in [-0.2, 0) is 4.74 Å². The van der Waals surface area contributed by atoms with E-state index in [2.05, 4.69) is 20.8 Å². The molecule has 3 nitrogen and oxygen atoms in total. The van der Waals surface area contributed by atoms with Gasteiger partial charge in [-0.25, -0.2) is 4.79 Å². The lowest BCUT2D eigenvalue weighted by Gasteiger charge is -2.35. The maximum absolute atomic E-state index is 11.4. The summed E-state index contributed by atoms with van der Waals surface area (Å²) in [5.74, 6) is 0.543. The Morgan fingerprint density at radius 2 is 1.95 bits per heavy atom. The molecule has 0 atom stereocenters. The molecule has 0 spiro atoms. The second-order valence-corrected chi connectivity index (χ2v) is 7.96. The standard InChI is InChI=1S/C17H25NO2S/c1-17(2,3)12-5-7-13(8-6-12)18-11-14-9-10-15(21-14)16(19)20-4/h9-13H,5-8H2,1-4H3/b18-11+. The van der Waals surface area contributed by atoms with Gasteiger partial charge in [-0.3, -0.25) is 4.99 Å². The Bertz CT molecular complexity index is 505. The maximum atomic E-state index is 11.4. The Hall–Kier alpha value is -1.16. The van der Waals surface area contributed by atoms with Crippen LogP contribution in [0, 0.1) is 11.3 Å². The first-order valence-electron chi connectivity index (χ1n) is 7.61. The van der Waals surface area contributed by atoms with Crippen molar-refractivity contribution in [2.75, 3.05) is 7.11 Å². The van der Waals surface area contributed by atoms with Gasteiger partial charge in [0.05, 0.1) is 7.11 Å². The van der Waals surface area contributed by atoms with Crippen molar-refractivity contribution in [1.29, 1.82) is 0 Å². The summed E-state index contributed by atoms with van der Waals surface area (Å²) in [5.41, 5.74) is 0.415. The highest BCUT2D eigenvalue weighted by molar-refractivity contribution is 7.15. The molecule has 1 heterocycles. The van der Waals surface area contributed by atoms with Crippen molar-refractivity contribution in [2.45, 2.75) is 52.5 Å². The highest BCUT2D eigenvalue weighted by Gasteiger charge is 2.29. The topological polar surface area (TPSA) is 38.7 Å². The zero-order valence-electron chi connectivity index (χ0n) is 13.4. The number of carbonyl (C=O) groups excluding carboxylic acids is 1. The van der Waals surface area contributed by atoms with Gasteiger partial charge in [-0.2, -0.15) is 0 Å². The number of hydrogen-bond acceptors (Lipinski definition) is 4. The van der Waals surface area contributed by atoms with Gasteiger partial charge in [0.2, 0.25) is 0 Å². The second-order valence-electron chi connectivity index (χ2n) is 6.84. The first-order chi connectivity index (χ1) is 9.90. The molecule has 21 heavy (non-hydrogen) atoms. The zero-order chi connectivity index (χ0) is 15.5. The Kier molecular flexibility index (Phi) is 5.20. The molecule has 4 heteroatoms. The van der Waals surface area contributed by atoms with Crippen molar-refractivity contribution in [2.24, 2.45) is 16.3 Å². The van der Waals surface area contributed by atoms with Crippen LogP contribution in [0.15, 0.2) is 17.1 Å². The fourth-order valence-electron chi connectivity index (χ4n) is 2.90. The van der Waals surface area contributed by atoms with Gasteiger partial charge < -0.3 is 4.74 Å². The number of methoxy groups -OCH3 is 1. The number of ether oxygens (including phenoxy) is 1. The quantitative estimate of drug-likeness (QED) is 0.606. The van der Waals surface area contributed by atoms with Crippen LogP contribution < -0.4 is 0 Å². The fraction of sp³-hybridized carbons (Fsp3) is 0.647. The minimum Gasteiger partial charge on any atom is -0.465 e. The van der Waals surface area contributed by atoms with Crippen LogP contribution in [0.1, 0.15) is 61.0 Å². The lowest BCUT2D eigenvalue weighted by atomic mass is 9.71. The van der Waals surface area contributed by atoms with Gasteiger partial charge in [0.1, 0.15) is 4.88 Å². The second kappa shape index (κ2) is 6.73. The van der Waals surface area contributed by atoms with E-state index >= 15 is 0 Å². The number of hydrogen-bond donors (Lipinski definition) is 0. The summed E-state index contributed by atoms with van der Waals surface area (Å²) in [6.45, 7) is 7.00. The Balaban J connectivity index is 1.88. The van der Waals surface area contributed by atoms with Gasteiger partial charge in [0.15, 0.2) is 0 Å².